The van der Waals surface area contributed by atoms with E-state index in [1.165, 1.54) is 18.5 Å². The summed E-state index contributed by atoms with van der Waals surface area (Å²) in [5, 5.41) is 4.34. The van der Waals surface area contributed by atoms with Crippen LogP contribution in [0.15, 0.2) is 22.9 Å². The van der Waals surface area contributed by atoms with E-state index in [4.69, 9.17) is 4.42 Å². The second-order valence-electron chi connectivity index (χ2n) is 5.85. The summed E-state index contributed by atoms with van der Waals surface area (Å²) in [5.41, 5.74) is 1.20. The van der Waals surface area contributed by atoms with Gasteiger partial charge < -0.3 is 4.42 Å². The van der Waals surface area contributed by atoms with Crippen LogP contribution in [0.2, 0.25) is 0 Å². The summed E-state index contributed by atoms with van der Waals surface area (Å²) in [6.07, 6.45) is 9.72. The Kier molecular flexibility index (Phi) is 3.07. The third kappa shape index (κ3) is 2.26. The minimum Gasteiger partial charge on any atom is -0.444 e. The van der Waals surface area contributed by atoms with Gasteiger partial charge in [-0.3, -0.25) is 9.58 Å². The lowest BCUT2D eigenvalue weighted by Gasteiger charge is -2.14. The quantitative estimate of drug-likeness (QED) is 0.859. The number of nitrogens with zero attached hydrogens (tertiary/aromatic N) is 4. The van der Waals surface area contributed by atoms with Crippen LogP contribution in [0.4, 0.5) is 0 Å². The highest BCUT2D eigenvalue weighted by Gasteiger charge is 2.26. The van der Waals surface area contributed by atoms with Crippen molar-refractivity contribution in [2.75, 3.05) is 13.1 Å². The van der Waals surface area contributed by atoms with Crippen molar-refractivity contribution in [3.05, 3.63) is 35.8 Å². The molecule has 1 aliphatic heterocycles. The van der Waals surface area contributed by atoms with Crippen LogP contribution in [-0.4, -0.2) is 32.8 Å². The standard InChI is InChI=1S/C15H20N4O/c1-2-5-14-13(4-1)17-15(20-14)11-18-9-6-12(10-18)19-8-3-7-16-19/h3,7-8,12H,1-2,4-6,9-11H2. The van der Waals surface area contributed by atoms with Crippen LogP contribution in [0, 0.1) is 0 Å². The Morgan fingerprint density at radius 1 is 1.30 bits per heavy atom. The van der Waals surface area contributed by atoms with Gasteiger partial charge in [-0.05, 0) is 31.7 Å². The minimum absolute atomic E-state index is 0.495. The second-order valence-corrected chi connectivity index (χ2v) is 5.85. The summed E-state index contributed by atoms with van der Waals surface area (Å²) in [6, 6.07) is 2.49. The summed E-state index contributed by atoms with van der Waals surface area (Å²) in [4.78, 5) is 7.09. The molecule has 2 aromatic rings. The third-order valence-corrected chi connectivity index (χ3v) is 4.40. The number of hydrogen-bond acceptors (Lipinski definition) is 4. The van der Waals surface area contributed by atoms with Crippen molar-refractivity contribution < 1.29 is 4.42 Å². The summed E-state index contributed by atoms with van der Waals surface area (Å²) in [5.74, 6) is 2.03. The molecule has 5 heteroatoms. The lowest BCUT2D eigenvalue weighted by atomic mass is 10.0. The molecule has 2 aromatic heterocycles. The number of aryl methyl sites for hydroxylation is 2. The van der Waals surface area contributed by atoms with Crippen molar-refractivity contribution in [3.63, 3.8) is 0 Å². The van der Waals surface area contributed by atoms with E-state index in [1.54, 1.807) is 0 Å². The van der Waals surface area contributed by atoms with Crippen LogP contribution in [-0.2, 0) is 19.4 Å². The predicted octanol–water partition coefficient (Wildman–Crippen LogP) is 2.20. The zero-order valence-corrected chi connectivity index (χ0v) is 11.7. The molecule has 2 aliphatic rings. The highest BCUT2D eigenvalue weighted by atomic mass is 16.4. The number of hydrogen-bond donors (Lipinski definition) is 0. The Bertz CT molecular complexity index is 551. The van der Waals surface area contributed by atoms with E-state index in [1.807, 2.05) is 12.3 Å². The van der Waals surface area contributed by atoms with Gasteiger partial charge in [-0.15, -0.1) is 0 Å². The molecule has 1 saturated heterocycles. The maximum Gasteiger partial charge on any atom is 0.208 e. The molecule has 1 atom stereocenters. The number of oxazole rings is 1. The fourth-order valence-corrected chi connectivity index (χ4v) is 3.33. The Hall–Kier alpha value is -1.62. The van der Waals surface area contributed by atoms with Gasteiger partial charge in [-0.1, -0.05) is 0 Å². The molecule has 20 heavy (non-hydrogen) atoms. The second kappa shape index (κ2) is 5.05. The molecule has 0 aromatic carbocycles. The highest BCUT2D eigenvalue weighted by molar-refractivity contribution is 5.13. The first kappa shape index (κ1) is 12.1. The van der Waals surface area contributed by atoms with Crippen molar-refractivity contribution in [1.29, 1.82) is 0 Å². The van der Waals surface area contributed by atoms with E-state index in [2.05, 4.69) is 25.9 Å². The van der Waals surface area contributed by atoms with Crippen molar-refractivity contribution in [2.45, 2.75) is 44.7 Å². The molecule has 3 heterocycles. The molecule has 0 radical (unpaired) electrons. The zero-order valence-electron chi connectivity index (χ0n) is 11.7. The van der Waals surface area contributed by atoms with E-state index >= 15 is 0 Å². The van der Waals surface area contributed by atoms with Gasteiger partial charge in [0, 0.05) is 31.9 Å². The first-order valence-corrected chi connectivity index (χ1v) is 7.57. The average molecular weight is 272 g/mol. The fraction of sp³-hybridized carbons (Fsp3) is 0.600. The maximum atomic E-state index is 5.92. The highest BCUT2D eigenvalue weighted by Crippen LogP contribution is 2.25. The van der Waals surface area contributed by atoms with Gasteiger partial charge in [-0.25, -0.2) is 4.98 Å². The molecule has 106 valence electrons. The Balaban J connectivity index is 1.41. The molecule has 0 bridgehead atoms. The van der Waals surface area contributed by atoms with Crippen molar-refractivity contribution in [2.24, 2.45) is 0 Å². The molecule has 1 unspecified atom stereocenters. The van der Waals surface area contributed by atoms with Gasteiger partial charge >= 0.3 is 0 Å². The lowest BCUT2D eigenvalue weighted by Crippen LogP contribution is -2.21. The monoisotopic (exact) mass is 272 g/mol. The predicted molar refractivity (Wildman–Crippen MR) is 74.3 cm³/mol. The Morgan fingerprint density at radius 3 is 3.10 bits per heavy atom. The van der Waals surface area contributed by atoms with E-state index in [9.17, 15) is 0 Å². The van der Waals surface area contributed by atoms with Gasteiger partial charge in [0.25, 0.3) is 0 Å². The van der Waals surface area contributed by atoms with Crippen molar-refractivity contribution in [3.8, 4) is 0 Å². The fourth-order valence-electron chi connectivity index (χ4n) is 3.33. The minimum atomic E-state index is 0.495. The number of aromatic nitrogens is 3. The van der Waals surface area contributed by atoms with E-state index in [0.29, 0.717) is 6.04 Å². The van der Waals surface area contributed by atoms with Crippen molar-refractivity contribution in [1.82, 2.24) is 19.7 Å². The molecule has 0 N–H and O–H groups in total. The summed E-state index contributed by atoms with van der Waals surface area (Å²) in [7, 11) is 0. The summed E-state index contributed by atoms with van der Waals surface area (Å²) < 4.78 is 7.99. The SMILES string of the molecule is c1cnn(C2CCN(Cc3nc4c(o3)CCCC4)C2)c1. The molecule has 0 saturated carbocycles. The molecular formula is C15H20N4O. The van der Waals surface area contributed by atoms with Crippen LogP contribution in [0.25, 0.3) is 0 Å². The average Bonchev–Trinajstić information content (AvgIpc) is 3.18. The van der Waals surface area contributed by atoms with Gasteiger partial charge in [0.1, 0.15) is 5.76 Å². The zero-order chi connectivity index (χ0) is 13.4. The van der Waals surface area contributed by atoms with Crippen LogP contribution in [0.5, 0.6) is 0 Å². The van der Waals surface area contributed by atoms with Crippen LogP contribution in [0.3, 0.4) is 0 Å². The van der Waals surface area contributed by atoms with E-state index in [0.717, 1.165) is 50.5 Å². The van der Waals surface area contributed by atoms with Crippen LogP contribution < -0.4 is 0 Å². The van der Waals surface area contributed by atoms with E-state index in [-0.39, 0.29) is 0 Å². The Morgan fingerprint density at radius 2 is 2.25 bits per heavy atom. The molecule has 1 fully saturated rings. The summed E-state index contributed by atoms with van der Waals surface area (Å²) >= 11 is 0. The van der Waals surface area contributed by atoms with Gasteiger partial charge in [0.2, 0.25) is 5.89 Å². The maximum absolute atomic E-state index is 5.92. The van der Waals surface area contributed by atoms with Gasteiger partial charge in [0.05, 0.1) is 18.3 Å². The molecule has 5 nitrogen and oxygen atoms in total. The third-order valence-electron chi connectivity index (χ3n) is 4.40. The number of fused-ring (bicyclic) bond motifs is 1. The molecule has 1 aliphatic carbocycles. The largest absolute Gasteiger partial charge is 0.444 e. The van der Waals surface area contributed by atoms with E-state index < -0.39 is 0 Å². The normalized spacial score (nSPS) is 23.1. The summed E-state index contributed by atoms with van der Waals surface area (Å²) in [6.45, 7) is 2.97. The molecular weight excluding hydrogens is 252 g/mol. The van der Waals surface area contributed by atoms with Crippen LogP contribution >= 0.6 is 0 Å². The lowest BCUT2D eigenvalue weighted by molar-refractivity contribution is 0.273. The smallest absolute Gasteiger partial charge is 0.208 e. The molecule has 0 spiro atoms. The first-order valence-electron chi connectivity index (χ1n) is 7.57. The number of likely N-dealkylation sites (tertiary alicyclic amines) is 1. The topological polar surface area (TPSA) is 47.1 Å². The first-order chi connectivity index (χ1) is 9.88. The number of rotatable bonds is 3. The Labute approximate surface area is 118 Å². The van der Waals surface area contributed by atoms with Crippen molar-refractivity contribution >= 4 is 0 Å². The molecule has 0 amide bonds. The van der Waals surface area contributed by atoms with Gasteiger partial charge in [-0.2, -0.15) is 5.10 Å². The van der Waals surface area contributed by atoms with Gasteiger partial charge in [0.15, 0.2) is 0 Å². The molecule has 4 rings (SSSR count). The van der Waals surface area contributed by atoms with Crippen LogP contribution in [0.1, 0.15) is 42.6 Å².